The summed E-state index contributed by atoms with van der Waals surface area (Å²) in [7, 11) is 0. The molecule has 0 unspecified atom stereocenters. The van der Waals surface area contributed by atoms with E-state index in [9.17, 15) is 9.59 Å². The third-order valence-corrected chi connectivity index (χ3v) is 2.17. The lowest BCUT2D eigenvalue weighted by Gasteiger charge is -1.98. The molecule has 0 aliphatic carbocycles. The molecule has 3 heteroatoms. The number of carbonyl (C=O) groups excluding carboxylic acids is 1. The molecule has 0 bridgehead atoms. The molecule has 1 aromatic carbocycles. The van der Waals surface area contributed by atoms with Gasteiger partial charge in [0.1, 0.15) is 0 Å². The van der Waals surface area contributed by atoms with Gasteiger partial charge in [0.25, 0.3) is 0 Å². The van der Waals surface area contributed by atoms with Crippen molar-refractivity contribution in [2.75, 3.05) is 0 Å². The van der Waals surface area contributed by atoms with Gasteiger partial charge in [-0.05, 0) is 19.1 Å². The molecular weight excluding hydrogens is 238 g/mol. The van der Waals surface area contributed by atoms with Crippen LogP contribution in [0.4, 0.5) is 0 Å². The van der Waals surface area contributed by atoms with Crippen molar-refractivity contribution >= 4 is 16.7 Å². The Balaban J connectivity index is 0. The average Bonchev–Trinajstić information content (AvgIpc) is 2.30. The Bertz CT molecular complexity index is 570. The molecule has 0 fully saturated rings. The van der Waals surface area contributed by atoms with Gasteiger partial charge in [-0.15, -0.1) is 0 Å². The van der Waals surface area contributed by atoms with E-state index in [1.807, 2.05) is 6.07 Å². The summed E-state index contributed by atoms with van der Waals surface area (Å²) in [4.78, 5) is 25.7. The van der Waals surface area contributed by atoms with Crippen LogP contribution in [0.15, 0.2) is 35.3 Å². The second kappa shape index (κ2) is 9.09. The van der Waals surface area contributed by atoms with Gasteiger partial charge in [0.05, 0.1) is 5.56 Å². The highest BCUT2D eigenvalue weighted by Gasteiger charge is 2.07. The smallest absolute Gasteiger partial charge is 0.200 e. The molecule has 0 saturated carbocycles. The maximum absolute atomic E-state index is 11.7. The zero-order valence-electron chi connectivity index (χ0n) is 10.4. The highest BCUT2D eigenvalue weighted by molar-refractivity contribution is 5.96. The Morgan fingerprint density at radius 1 is 1.16 bits per heavy atom. The van der Waals surface area contributed by atoms with Gasteiger partial charge >= 0.3 is 0 Å². The number of hydrogen-bond donors (Lipinski definition) is 1. The molecular formula is C16H25NO2. The number of pyridine rings is 1. The number of hydrogen-bond acceptors (Lipinski definition) is 2. The van der Waals surface area contributed by atoms with Crippen LogP contribution < -0.4 is 5.43 Å². The molecule has 106 valence electrons. The quantitative estimate of drug-likeness (QED) is 0.774. The zero-order valence-corrected chi connectivity index (χ0v) is 10.4. The Morgan fingerprint density at radius 2 is 1.68 bits per heavy atom. The molecule has 2 aromatic rings. The number of nitrogens with one attached hydrogen (secondary N) is 1. The van der Waals surface area contributed by atoms with Crippen LogP contribution in [0, 0.1) is 0 Å². The van der Waals surface area contributed by atoms with Crippen LogP contribution >= 0.6 is 0 Å². The monoisotopic (exact) mass is 263 g/mol. The van der Waals surface area contributed by atoms with Crippen molar-refractivity contribution in [3.8, 4) is 0 Å². The van der Waals surface area contributed by atoms with Crippen LogP contribution in [-0.4, -0.2) is 10.8 Å². The lowest BCUT2D eigenvalue weighted by Crippen LogP contribution is -2.13. The van der Waals surface area contributed by atoms with Gasteiger partial charge in [-0.1, -0.05) is 47.3 Å². The maximum Gasteiger partial charge on any atom is 0.200 e. The summed E-state index contributed by atoms with van der Waals surface area (Å²) in [5.41, 5.74) is 0.762. The van der Waals surface area contributed by atoms with Crippen LogP contribution in [0.1, 0.15) is 52.4 Å². The lowest BCUT2D eigenvalue weighted by atomic mass is 10.1. The van der Waals surface area contributed by atoms with Crippen molar-refractivity contribution in [3.63, 3.8) is 0 Å². The minimum absolute atomic E-state index is 0. The minimum Gasteiger partial charge on any atom is -0.360 e. The molecule has 0 radical (unpaired) electrons. The highest BCUT2D eigenvalue weighted by atomic mass is 16.1. The molecule has 3 nitrogen and oxygen atoms in total. The number of Topliss-reactive ketones (excluding diaryl/α,β-unsaturated/α-hetero) is 1. The van der Waals surface area contributed by atoms with Crippen molar-refractivity contribution in [2.24, 2.45) is 0 Å². The van der Waals surface area contributed by atoms with E-state index >= 15 is 0 Å². The fraction of sp³-hybridized carbons (Fsp3) is 0.375. The molecule has 1 N–H and O–H groups in total. The summed E-state index contributed by atoms with van der Waals surface area (Å²) in [6.07, 6.45) is 2.72. The van der Waals surface area contributed by atoms with Crippen LogP contribution in [0.25, 0.3) is 10.9 Å². The fourth-order valence-corrected chi connectivity index (χ4v) is 1.43. The third kappa shape index (κ3) is 4.70. The van der Waals surface area contributed by atoms with Gasteiger partial charge in [-0.2, -0.15) is 0 Å². The fourth-order valence-electron chi connectivity index (χ4n) is 1.43. The van der Waals surface area contributed by atoms with Crippen molar-refractivity contribution in [2.45, 2.75) is 42.0 Å². The number of aromatic amines is 1. The summed E-state index contributed by atoms with van der Waals surface area (Å²) in [6.45, 7) is 5.64. The summed E-state index contributed by atoms with van der Waals surface area (Å²) in [6, 6.07) is 7.13. The van der Waals surface area contributed by atoms with Crippen molar-refractivity contribution in [3.05, 3.63) is 46.2 Å². The molecule has 0 amide bonds. The Hall–Kier alpha value is -1.90. The first-order chi connectivity index (χ1) is 8.11. The first-order valence-corrected chi connectivity index (χ1v) is 5.73. The lowest BCUT2D eigenvalue weighted by molar-refractivity contribution is 0.101. The van der Waals surface area contributed by atoms with E-state index in [2.05, 4.69) is 18.8 Å². The maximum atomic E-state index is 11.7. The second-order valence-electron chi connectivity index (χ2n) is 3.84. The van der Waals surface area contributed by atoms with Gasteiger partial charge in [0, 0.05) is 17.1 Å². The van der Waals surface area contributed by atoms with E-state index in [1.54, 1.807) is 18.2 Å². The van der Waals surface area contributed by atoms with Crippen LogP contribution in [0.2, 0.25) is 0 Å². The topological polar surface area (TPSA) is 49.9 Å². The molecule has 1 aromatic heterocycles. The minimum atomic E-state index is -0.211. The van der Waals surface area contributed by atoms with E-state index in [0.717, 1.165) is 5.52 Å². The van der Waals surface area contributed by atoms with Gasteiger partial charge in [0.15, 0.2) is 11.2 Å². The van der Waals surface area contributed by atoms with Crippen molar-refractivity contribution in [1.82, 2.24) is 4.98 Å². The van der Waals surface area contributed by atoms with Crippen LogP contribution in [0.5, 0.6) is 0 Å². The molecule has 0 aliphatic heterocycles. The third-order valence-electron chi connectivity index (χ3n) is 2.17. The summed E-state index contributed by atoms with van der Waals surface area (Å²) >= 11 is 0. The van der Waals surface area contributed by atoms with Crippen LogP contribution in [-0.2, 0) is 0 Å². The predicted octanol–water partition coefficient (Wildman–Crippen LogP) is 4.42. The normalized spacial score (nSPS) is 8.58. The van der Waals surface area contributed by atoms with Gasteiger partial charge in [-0.3, -0.25) is 9.59 Å². The first kappa shape index (κ1) is 19.4. The highest BCUT2D eigenvalue weighted by Crippen LogP contribution is 2.06. The summed E-state index contributed by atoms with van der Waals surface area (Å²) < 4.78 is 0. The van der Waals surface area contributed by atoms with Crippen LogP contribution in [0.3, 0.4) is 0 Å². The van der Waals surface area contributed by atoms with E-state index in [0.29, 0.717) is 5.39 Å². The van der Waals surface area contributed by atoms with E-state index in [1.165, 1.54) is 19.5 Å². The second-order valence-corrected chi connectivity index (χ2v) is 3.84. The number of rotatable bonds is 1. The molecule has 2 rings (SSSR count). The number of aromatic nitrogens is 1. The van der Waals surface area contributed by atoms with Crippen molar-refractivity contribution in [1.29, 1.82) is 0 Å². The number of benzene rings is 1. The first-order valence-electron chi connectivity index (χ1n) is 5.73. The molecule has 1 heterocycles. The molecule has 0 spiro atoms. The molecule has 0 saturated heterocycles. The molecule has 19 heavy (non-hydrogen) atoms. The molecule has 0 aliphatic rings. The largest absolute Gasteiger partial charge is 0.360 e. The Labute approximate surface area is 115 Å². The van der Waals surface area contributed by atoms with Gasteiger partial charge in [0.2, 0.25) is 0 Å². The van der Waals surface area contributed by atoms with Gasteiger partial charge < -0.3 is 4.98 Å². The van der Waals surface area contributed by atoms with Gasteiger partial charge in [-0.25, -0.2) is 0 Å². The SMILES string of the molecule is C.C.CC(=O)c1c[nH]c2ccccc2c1=O.CCC. The summed E-state index contributed by atoms with van der Waals surface area (Å²) in [5.74, 6) is -0.211. The predicted molar refractivity (Wildman–Crippen MR) is 84.0 cm³/mol. The zero-order chi connectivity index (χ0) is 12.8. The van der Waals surface area contributed by atoms with E-state index in [-0.39, 0.29) is 31.6 Å². The van der Waals surface area contributed by atoms with E-state index < -0.39 is 0 Å². The number of ketones is 1. The number of fused-ring (bicyclic) bond motifs is 1. The van der Waals surface area contributed by atoms with E-state index in [4.69, 9.17) is 0 Å². The number of para-hydroxylation sites is 1. The molecule has 0 atom stereocenters. The summed E-state index contributed by atoms with van der Waals surface area (Å²) in [5, 5.41) is 0.556. The Morgan fingerprint density at radius 3 is 2.21 bits per heavy atom. The number of H-pyrrole nitrogens is 1. The average molecular weight is 263 g/mol. The standard InChI is InChI=1S/C11H9NO2.C3H8.2CH4/c1-7(13)9-6-12-10-5-3-2-4-8(10)11(9)14;1-3-2;;/h2-6H,1H3,(H,12,14);3H2,1-2H3;2*1H4. The van der Waals surface area contributed by atoms with Crippen molar-refractivity contribution < 1.29 is 4.79 Å². The number of carbonyl (C=O) groups is 1. The Kier molecular flexibility index (Phi) is 9.30.